The minimum atomic E-state index is 0.725. The van der Waals surface area contributed by atoms with Crippen LogP contribution in [0.25, 0.3) is 0 Å². The van der Waals surface area contributed by atoms with Gasteiger partial charge in [-0.3, -0.25) is 9.58 Å². The molecule has 2 atom stereocenters. The van der Waals surface area contributed by atoms with E-state index < -0.39 is 0 Å². The van der Waals surface area contributed by atoms with Gasteiger partial charge in [-0.05, 0) is 38.8 Å². The monoisotopic (exact) mass is 248 g/mol. The van der Waals surface area contributed by atoms with E-state index in [1.54, 1.807) is 0 Å². The highest BCUT2D eigenvalue weighted by atomic mass is 15.3. The second kappa shape index (κ2) is 5.02. The van der Waals surface area contributed by atoms with Crippen LogP contribution >= 0.6 is 0 Å². The van der Waals surface area contributed by atoms with E-state index in [0.717, 1.165) is 24.7 Å². The van der Waals surface area contributed by atoms with Crippen LogP contribution in [0, 0.1) is 0 Å². The number of aryl methyl sites for hydroxylation is 1. The summed E-state index contributed by atoms with van der Waals surface area (Å²) in [5.41, 5.74) is 1.34. The van der Waals surface area contributed by atoms with E-state index in [2.05, 4.69) is 28.4 Å². The van der Waals surface area contributed by atoms with Crippen LogP contribution in [0.5, 0.6) is 0 Å². The van der Waals surface area contributed by atoms with Crippen LogP contribution in [0.3, 0.4) is 0 Å². The van der Waals surface area contributed by atoms with Crippen LogP contribution in [-0.2, 0) is 13.6 Å². The van der Waals surface area contributed by atoms with E-state index in [0.29, 0.717) is 0 Å². The Labute approximate surface area is 109 Å². The van der Waals surface area contributed by atoms with Crippen LogP contribution < -0.4 is 5.32 Å². The lowest BCUT2D eigenvalue weighted by atomic mass is 9.81. The highest BCUT2D eigenvalue weighted by Crippen LogP contribution is 2.34. The Morgan fingerprint density at radius 3 is 2.61 bits per heavy atom. The quantitative estimate of drug-likeness (QED) is 0.880. The molecule has 0 radical (unpaired) electrons. The number of nitrogens with one attached hydrogen (secondary N) is 1. The smallest absolute Gasteiger partial charge is 0.0521 e. The molecule has 18 heavy (non-hydrogen) atoms. The summed E-state index contributed by atoms with van der Waals surface area (Å²) in [6.07, 6.45) is 8.67. The molecule has 2 aliphatic rings. The molecule has 1 aromatic heterocycles. The molecule has 2 bridgehead atoms. The van der Waals surface area contributed by atoms with Crippen molar-refractivity contribution in [1.82, 2.24) is 20.0 Å². The zero-order valence-corrected chi connectivity index (χ0v) is 11.5. The fourth-order valence-electron chi connectivity index (χ4n) is 3.72. The Bertz CT molecular complexity index is 386. The van der Waals surface area contributed by atoms with Crippen LogP contribution in [0.4, 0.5) is 0 Å². The van der Waals surface area contributed by atoms with Crippen molar-refractivity contribution in [3.8, 4) is 0 Å². The van der Waals surface area contributed by atoms with Gasteiger partial charge in [0, 0.05) is 37.9 Å². The van der Waals surface area contributed by atoms with Gasteiger partial charge in [0.15, 0.2) is 0 Å². The molecule has 3 heterocycles. The average Bonchev–Trinajstić information content (AvgIpc) is 2.75. The number of hydrogen-bond donors (Lipinski definition) is 1. The Morgan fingerprint density at radius 1 is 1.33 bits per heavy atom. The van der Waals surface area contributed by atoms with Crippen molar-refractivity contribution in [1.29, 1.82) is 0 Å². The third-order valence-corrected chi connectivity index (χ3v) is 4.80. The van der Waals surface area contributed by atoms with Gasteiger partial charge in [-0.25, -0.2) is 0 Å². The zero-order chi connectivity index (χ0) is 12.5. The van der Waals surface area contributed by atoms with Crippen molar-refractivity contribution >= 4 is 0 Å². The summed E-state index contributed by atoms with van der Waals surface area (Å²) < 4.78 is 2.01. The fourth-order valence-corrected chi connectivity index (χ4v) is 3.72. The van der Waals surface area contributed by atoms with Crippen molar-refractivity contribution in [3.63, 3.8) is 0 Å². The minimum Gasteiger partial charge on any atom is -0.317 e. The summed E-state index contributed by atoms with van der Waals surface area (Å²) in [7, 11) is 4.16. The lowest BCUT2D eigenvalue weighted by Gasteiger charge is -2.49. The molecule has 0 spiro atoms. The first kappa shape index (κ1) is 12.2. The normalized spacial score (nSPS) is 32.7. The SMILES string of the molecule is CNC1CC2CCCC(C1)N2Cc1ccnn1C. The summed E-state index contributed by atoms with van der Waals surface area (Å²) in [4.78, 5) is 2.73. The Kier molecular flexibility index (Phi) is 3.39. The molecule has 3 rings (SSSR count). The molecule has 2 unspecified atom stereocenters. The molecule has 0 aliphatic carbocycles. The van der Waals surface area contributed by atoms with Gasteiger partial charge in [-0.1, -0.05) is 6.42 Å². The van der Waals surface area contributed by atoms with E-state index in [1.165, 1.54) is 37.8 Å². The van der Waals surface area contributed by atoms with Crippen LogP contribution in [-0.4, -0.2) is 39.9 Å². The van der Waals surface area contributed by atoms with Gasteiger partial charge in [-0.2, -0.15) is 5.10 Å². The molecular weight excluding hydrogens is 224 g/mol. The van der Waals surface area contributed by atoms with Crippen LogP contribution in [0.15, 0.2) is 12.3 Å². The molecule has 100 valence electrons. The number of hydrogen-bond acceptors (Lipinski definition) is 3. The maximum absolute atomic E-state index is 4.28. The summed E-state index contributed by atoms with van der Waals surface area (Å²) in [5, 5.41) is 7.76. The van der Waals surface area contributed by atoms with Gasteiger partial charge < -0.3 is 5.32 Å². The van der Waals surface area contributed by atoms with Gasteiger partial charge in [0.2, 0.25) is 0 Å². The molecule has 0 amide bonds. The standard InChI is InChI=1S/C14H24N4/c1-15-11-8-12-4-3-5-13(9-11)18(12)10-14-6-7-16-17(14)2/h6-7,11-13,15H,3-5,8-10H2,1-2H3. The zero-order valence-electron chi connectivity index (χ0n) is 11.5. The number of fused-ring (bicyclic) bond motifs is 2. The molecule has 4 heteroatoms. The van der Waals surface area contributed by atoms with Crippen molar-refractivity contribution in [2.75, 3.05) is 7.05 Å². The number of nitrogens with zero attached hydrogens (tertiary/aromatic N) is 3. The maximum atomic E-state index is 4.28. The Hall–Kier alpha value is -0.870. The van der Waals surface area contributed by atoms with E-state index in [4.69, 9.17) is 0 Å². The molecule has 2 fully saturated rings. The molecule has 1 aromatic rings. The first-order valence-corrected chi connectivity index (χ1v) is 7.18. The highest BCUT2D eigenvalue weighted by Gasteiger charge is 2.37. The number of piperidine rings is 2. The van der Waals surface area contributed by atoms with Crippen molar-refractivity contribution in [3.05, 3.63) is 18.0 Å². The van der Waals surface area contributed by atoms with E-state index in [9.17, 15) is 0 Å². The lowest BCUT2D eigenvalue weighted by Crippen LogP contribution is -2.55. The minimum absolute atomic E-state index is 0.725. The van der Waals surface area contributed by atoms with Gasteiger partial charge in [0.1, 0.15) is 0 Å². The van der Waals surface area contributed by atoms with Crippen molar-refractivity contribution in [2.24, 2.45) is 7.05 Å². The first-order chi connectivity index (χ1) is 8.78. The van der Waals surface area contributed by atoms with Crippen LogP contribution in [0.1, 0.15) is 37.8 Å². The van der Waals surface area contributed by atoms with E-state index in [1.807, 2.05) is 17.9 Å². The predicted molar refractivity (Wildman–Crippen MR) is 72.3 cm³/mol. The molecule has 0 saturated carbocycles. The van der Waals surface area contributed by atoms with Crippen molar-refractivity contribution in [2.45, 2.75) is 56.8 Å². The maximum Gasteiger partial charge on any atom is 0.0521 e. The Balaban J connectivity index is 1.74. The van der Waals surface area contributed by atoms with Gasteiger partial charge in [0.25, 0.3) is 0 Å². The molecule has 2 saturated heterocycles. The largest absolute Gasteiger partial charge is 0.317 e. The number of aromatic nitrogens is 2. The van der Waals surface area contributed by atoms with Crippen LogP contribution in [0.2, 0.25) is 0 Å². The first-order valence-electron chi connectivity index (χ1n) is 7.18. The number of rotatable bonds is 3. The van der Waals surface area contributed by atoms with Gasteiger partial charge >= 0.3 is 0 Å². The summed E-state index contributed by atoms with van der Waals surface area (Å²) in [5.74, 6) is 0. The third kappa shape index (κ3) is 2.19. The average molecular weight is 248 g/mol. The molecule has 2 aliphatic heterocycles. The summed E-state index contributed by atoms with van der Waals surface area (Å²) in [6.45, 7) is 1.07. The third-order valence-electron chi connectivity index (χ3n) is 4.80. The Morgan fingerprint density at radius 2 is 2.06 bits per heavy atom. The second-order valence-corrected chi connectivity index (χ2v) is 5.81. The molecule has 4 nitrogen and oxygen atoms in total. The van der Waals surface area contributed by atoms with E-state index >= 15 is 0 Å². The fraction of sp³-hybridized carbons (Fsp3) is 0.786. The topological polar surface area (TPSA) is 33.1 Å². The highest BCUT2D eigenvalue weighted by molar-refractivity contribution is 5.03. The van der Waals surface area contributed by atoms with Gasteiger partial charge in [0.05, 0.1) is 5.69 Å². The van der Waals surface area contributed by atoms with Crippen molar-refractivity contribution < 1.29 is 0 Å². The predicted octanol–water partition coefficient (Wildman–Crippen LogP) is 1.52. The summed E-state index contributed by atoms with van der Waals surface area (Å²) in [6, 6.07) is 4.41. The second-order valence-electron chi connectivity index (χ2n) is 5.81. The molecular formula is C14H24N4. The molecule has 0 aromatic carbocycles. The lowest BCUT2D eigenvalue weighted by molar-refractivity contribution is 0.0172. The van der Waals surface area contributed by atoms with E-state index in [-0.39, 0.29) is 0 Å². The summed E-state index contributed by atoms with van der Waals surface area (Å²) >= 11 is 0. The molecule has 1 N–H and O–H groups in total. The van der Waals surface area contributed by atoms with Gasteiger partial charge in [-0.15, -0.1) is 0 Å².